The molecule has 2 nitrogen and oxygen atoms in total. The topological polar surface area (TPSA) is 7.94 Å². The van der Waals surface area contributed by atoms with Crippen LogP contribution in [0.25, 0.3) is 10.9 Å². The molecule has 3 aromatic rings. The van der Waals surface area contributed by atoms with Gasteiger partial charge in [0.15, 0.2) is 12.0 Å². The lowest BCUT2D eigenvalue weighted by molar-refractivity contribution is -0.473. The molecule has 4 rings (SSSR count). The van der Waals surface area contributed by atoms with Crippen LogP contribution in [0.3, 0.4) is 0 Å². The molecule has 6 heteroatoms. The van der Waals surface area contributed by atoms with E-state index in [2.05, 4.69) is 0 Å². The number of halogens is 4. The molecule has 2 heterocycles. The highest BCUT2D eigenvalue weighted by molar-refractivity contribution is 5.97. The minimum absolute atomic E-state index is 0.120. The third-order valence-corrected chi connectivity index (χ3v) is 4.00. The van der Waals surface area contributed by atoms with Crippen LogP contribution in [0.4, 0.5) is 23.2 Å². The zero-order chi connectivity index (χ0) is 16.2. The minimum atomic E-state index is -4.55. The van der Waals surface area contributed by atoms with Crippen molar-refractivity contribution in [2.45, 2.75) is 12.8 Å². The highest BCUT2D eigenvalue weighted by Crippen LogP contribution is 2.33. The van der Waals surface area contributed by atoms with E-state index < -0.39 is 17.6 Å². The van der Waals surface area contributed by atoms with E-state index in [0.717, 1.165) is 22.5 Å². The predicted molar refractivity (Wildman–Crippen MR) is 78.4 cm³/mol. The molecule has 0 radical (unpaired) electrons. The third kappa shape index (κ3) is 2.21. The summed E-state index contributed by atoms with van der Waals surface area (Å²) in [6.45, 7) is 0.350. The normalized spacial score (nSPS) is 14.2. The number of benzene rings is 2. The highest BCUT2D eigenvalue weighted by atomic mass is 19.4. The summed E-state index contributed by atoms with van der Waals surface area (Å²) in [5.41, 5.74) is 1.07. The van der Waals surface area contributed by atoms with Crippen LogP contribution in [0, 0.1) is 5.82 Å². The van der Waals surface area contributed by atoms with Gasteiger partial charge in [-0.1, -0.05) is 12.1 Å². The molecule has 0 atom stereocenters. The van der Waals surface area contributed by atoms with Crippen LogP contribution in [-0.4, -0.2) is 15.4 Å². The fourth-order valence-corrected chi connectivity index (χ4v) is 2.95. The van der Waals surface area contributed by atoms with E-state index in [0.29, 0.717) is 12.7 Å². The molecule has 116 valence electrons. The predicted octanol–water partition coefficient (Wildman–Crippen LogP) is 4.53. The van der Waals surface area contributed by atoms with Crippen LogP contribution in [-0.2, 0) is 12.8 Å². The van der Waals surface area contributed by atoms with Crippen molar-refractivity contribution in [2.75, 3.05) is 0 Å². The summed E-state index contributed by atoms with van der Waals surface area (Å²) < 4.78 is 55.7. The summed E-state index contributed by atoms with van der Waals surface area (Å²) in [4.78, 5) is 0. The fraction of sp³-hybridized carbons (Fsp3) is 0.118. The first kappa shape index (κ1) is 14.0. The van der Waals surface area contributed by atoms with E-state index in [9.17, 15) is 17.6 Å². The van der Waals surface area contributed by atoms with Crippen molar-refractivity contribution in [2.24, 2.45) is 0 Å². The molecule has 1 aliphatic rings. The van der Waals surface area contributed by atoms with Gasteiger partial charge < -0.3 is 0 Å². The molecule has 0 unspecified atom stereocenters. The number of hydrogen-bond donors (Lipinski definition) is 0. The van der Waals surface area contributed by atoms with E-state index in [4.69, 9.17) is 0 Å². The van der Waals surface area contributed by atoms with Crippen molar-refractivity contribution in [1.82, 2.24) is 4.57 Å². The summed E-state index contributed by atoms with van der Waals surface area (Å²) in [5, 5.41) is 1.08. The van der Waals surface area contributed by atoms with Gasteiger partial charge in [0.2, 0.25) is 12.4 Å². The molecule has 23 heavy (non-hydrogen) atoms. The summed E-state index contributed by atoms with van der Waals surface area (Å²) in [6.07, 6.45) is -0.908. The van der Waals surface area contributed by atoms with Crippen LogP contribution in [0.1, 0.15) is 11.1 Å². The Hall–Kier alpha value is -2.63. The number of nitrogens with zero attached hydrogens (tertiary/aromatic N) is 2. The maximum absolute atomic E-state index is 14.2. The number of rotatable bonds is 1. The smallest absolute Gasteiger partial charge is 0.291 e. The van der Waals surface area contributed by atoms with Gasteiger partial charge in [0.25, 0.3) is 0 Å². The van der Waals surface area contributed by atoms with Gasteiger partial charge in [0.1, 0.15) is 0 Å². The molecule has 0 aliphatic carbocycles. The highest BCUT2D eigenvalue weighted by Gasteiger charge is 2.32. The molecule has 0 saturated heterocycles. The van der Waals surface area contributed by atoms with Crippen LogP contribution in [0.15, 0.2) is 48.7 Å². The van der Waals surface area contributed by atoms with Crippen molar-refractivity contribution < 1.29 is 22.1 Å². The Morgan fingerprint density at radius 2 is 1.87 bits per heavy atom. The molecule has 0 spiro atoms. The number of para-hydroxylation sites is 1. The lowest BCUT2D eigenvalue weighted by atomic mass is 10.1. The van der Waals surface area contributed by atoms with E-state index in [1.165, 1.54) is 6.07 Å². The van der Waals surface area contributed by atoms with Gasteiger partial charge >= 0.3 is 6.18 Å². The van der Waals surface area contributed by atoms with E-state index in [1.54, 1.807) is 10.8 Å². The first-order valence-electron chi connectivity index (χ1n) is 6.99. The summed E-state index contributed by atoms with van der Waals surface area (Å²) in [7, 11) is 0. The van der Waals surface area contributed by atoms with Crippen molar-refractivity contribution in [3.8, 4) is 0 Å². The van der Waals surface area contributed by atoms with Crippen molar-refractivity contribution in [3.63, 3.8) is 0 Å². The lowest BCUT2D eigenvalue weighted by Gasteiger charge is -2.13. The van der Waals surface area contributed by atoms with E-state index >= 15 is 0 Å². The molecule has 0 fully saturated rings. The zero-order valence-electron chi connectivity index (χ0n) is 11.8. The maximum atomic E-state index is 14.2. The average Bonchev–Trinajstić information content (AvgIpc) is 2.91. The van der Waals surface area contributed by atoms with Crippen LogP contribution >= 0.6 is 0 Å². The molecule has 1 aromatic heterocycles. The van der Waals surface area contributed by atoms with Gasteiger partial charge in [-0.15, -0.1) is 0 Å². The second-order valence-electron chi connectivity index (χ2n) is 5.47. The van der Waals surface area contributed by atoms with Gasteiger partial charge in [-0.05, 0) is 24.3 Å². The first-order chi connectivity index (χ1) is 10.9. The Balaban J connectivity index is 1.82. The second-order valence-corrected chi connectivity index (χ2v) is 5.47. The summed E-state index contributed by atoms with van der Waals surface area (Å²) in [5.74, 6) is -0.890. The van der Waals surface area contributed by atoms with Gasteiger partial charge in [-0.25, -0.2) is 0 Å². The Labute approximate surface area is 128 Å². The molecule has 2 aromatic carbocycles. The largest absolute Gasteiger partial charge is 0.416 e. The van der Waals surface area contributed by atoms with Crippen molar-refractivity contribution in [3.05, 3.63) is 65.6 Å². The summed E-state index contributed by atoms with van der Waals surface area (Å²) in [6, 6.07) is 10.3. The minimum Gasteiger partial charge on any atom is -0.291 e. The molecule has 0 saturated carbocycles. The number of aromatic nitrogens is 1. The Kier molecular flexibility index (Phi) is 2.85. The Morgan fingerprint density at radius 3 is 2.61 bits per heavy atom. The standard InChI is InChI=1S/C17H11F4N2/c18-14-8-13(17(19,20)21)4-5-15(14)23-9-12-3-1-2-11-6-7-22(10-23)16(11)12/h1-9H,10H2/q+1. The molecular weight excluding hydrogens is 308 g/mol. The van der Waals surface area contributed by atoms with Crippen molar-refractivity contribution >= 4 is 22.8 Å². The molecule has 0 amide bonds. The van der Waals surface area contributed by atoms with Gasteiger partial charge in [-0.2, -0.15) is 22.1 Å². The second kappa shape index (κ2) is 4.68. The Bertz CT molecular complexity index is 951. The van der Waals surface area contributed by atoms with Crippen molar-refractivity contribution in [1.29, 1.82) is 0 Å². The quantitative estimate of drug-likeness (QED) is 0.460. The zero-order valence-corrected chi connectivity index (χ0v) is 11.8. The molecule has 0 N–H and O–H groups in total. The average molecular weight is 319 g/mol. The van der Waals surface area contributed by atoms with E-state index in [-0.39, 0.29) is 5.69 Å². The molecule has 0 bridgehead atoms. The third-order valence-electron chi connectivity index (χ3n) is 4.00. The maximum Gasteiger partial charge on any atom is 0.416 e. The van der Waals surface area contributed by atoms with Gasteiger partial charge in [0.05, 0.1) is 16.6 Å². The molecule has 1 aliphatic heterocycles. The number of hydrogen-bond acceptors (Lipinski definition) is 0. The van der Waals surface area contributed by atoms with Gasteiger partial charge in [-0.3, -0.25) is 4.57 Å². The van der Waals surface area contributed by atoms with Gasteiger partial charge in [0, 0.05) is 17.6 Å². The lowest BCUT2D eigenvalue weighted by Crippen LogP contribution is -2.19. The first-order valence-corrected chi connectivity index (χ1v) is 6.99. The molecular formula is C17H11F4N2+. The van der Waals surface area contributed by atoms with Crippen LogP contribution in [0.5, 0.6) is 0 Å². The van der Waals surface area contributed by atoms with Crippen LogP contribution < -0.4 is 0 Å². The summed E-state index contributed by atoms with van der Waals surface area (Å²) >= 11 is 0. The van der Waals surface area contributed by atoms with Crippen LogP contribution in [0.2, 0.25) is 0 Å². The SMILES string of the molecule is Fc1cc(C(F)(F)F)ccc1[N+]1=Cc2cccc3ccn(c23)C1. The fourth-order valence-electron chi connectivity index (χ4n) is 2.95. The Morgan fingerprint density at radius 1 is 1.04 bits per heavy atom. The number of alkyl halides is 3. The van der Waals surface area contributed by atoms with E-state index in [1.807, 2.05) is 35.0 Å². The monoisotopic (exact) mass is 319 g/mol.